The molecule has 1 aromatic heterocycles. The Morgan fingerprint density at radius 3 is 2.65 bits per heavy atom. The van der Waals surface area contributed by atoms with Crippen LogP contribution in [-0.4, -0.2) is 66.1 Å². The molecule has 3 aromatic carbocycles. The number of amides is 2. The van der Waals surface area contributed by atoms with Crippen LogP contribution in [0.1, 0.15) is 26.3 Å². The molecular formula is C28H29N3O3. The molecule has 0 bridgehead atoms. The van der Waals surface area contributed by atoms with Crippen LogP contribution in [0.5, 0.6) is 0 Å². The summed E-state index contributed by atoms with van der Waals surface area (Å²) < 4.78 is 7.89. The predicted molar refractivity (Wildman–Crippen MR) is 134 cm³/mol. The van der Waals surface area contributed by atoms with Gasteiger partial charge in [-0.1, -0.05) is 36.4 Å². The molecule has 0 aliphatic carbocycles. The average Bonchev–Trinajstić information content (AvgIpc) is 3.17. The number of rotatable bonds is 4. The van der Waals surface area contributed by atoms with Gasteiger partial charge in [0.15, 0.2) is 0 Å². The highest BCUT2D eigenvalue weighted by Crippen LogP contribution is 2.27. The van der Waals surface area contributed by atoms with Crippen molar-refractivity contribution < 1.29 is 14.3 Å². The van der Waals surface area contributed by atoms with E-state index in [1.54, 1.807) is 19.0 Å². The largest absolute Gasteiger partial charge is 0.377 e. The molecular weight excluding hydrogens is 426 g/mol. The second-order valence-corrected chi connectivity index (χ2v) is 9.15. The highest BCUT2D eigenvalue weighted by Gasteiger charge is 2.30. The molecule has 6 heteroatoms. The molecule has 1 aliphatic rings. The van der Waals surface area contributed by atoms with Gasteiger partial charge in [0.05, 0.1) is 19.3 Å². The minimum absolute atomic E-state index is 0.0227. The van der Waals surface area contributed by atoms with Crippen molar-refractivity contribution in [1.29, 1.82) is 0 Å². The van der Waals surface area contributed by atoms with Crippen molar-refractivity contribution in [1.82, 2.24) is 14.4 Å². The Bertz CT molecular complexity index is 1380. The number of carbonyl (C=O) groups is 2. The molecule has 2 amide bonds. The molecule has 0 spiro atoms. The van der Waals surface area contributed by atoms with E-state index in [0.29, 0.717) is 31.7 Å². The van der Waals surface area contributed by atoms with Crippen molar-refractivity contribution in [3.05, 3.63) is 83.6 Å². The quantitative estimate of drug-likeness (QED) is 0.465. The number of hydrogen-bond acceptors (Lipinski definition) is 3. The Balaban J connectivity index is 1.49. The summed E-state index contributed by atoms with van der Waals surface area (Å²) in [6.07, 6.45) is 2.76. The number of hydrogen-bond donors (Lipinski definition) is 0. The fourth-order valence-corrected chi connectivity index (χ4v) is 4.94. The van der Waals surface area contributed by atoms with E-state index in [9.17, 15) is 9.59 Å². The average molecular weight is 456 g/mol. The summed E-state index contributed by atoms with van der Waals surface area (Å²) in [5.74, 6) is 0.0132. The Labute approximate surface area is 199 Å². The van der Waals surface area contributed by atoms with Gasteiger partial charge in [-0.25, -0.2) is 0 Å². The third-order valence-electron chi connectivity index (χ3n) is 6.69. The standard InChI is InChI=1S/C28H29N3O3/c1-29(2)27(32)20-11-12-26-25(16-20)21(17-30(26)3)15-22-18-34-14-13-31(22)28(33)24-10-6-8-19-7-4-5-9-23(19)24/h4-12,16-17,22H,13-15,18H2,1-3H3/t22-/m0/s1. The number of nitrogens with zero attached hydrogens (tertiary/aromatic N) is 3. The predicted octanol–water partition coefficient (Wildman–Crippen LogP) is 4.12. The summed E-state index contributed by atoms with van der Waals surface area (Å²) in [6, 6.07) is 19.6. The zero-order chi connectivity index (χ0) is 23.8. The normalized spacial score (nSPS) is 16.2. The number of carbonyl (C=O) groups excluding carboxylic acids is 2. The van der Waals surface area contributed by atoms with Gasteiger partial charge < -0.3 is 19.1 Å². The van der Waals surface area contributed by atoms with Crippen LogP contribution in [0.3, 0.4) is 0 Å². The molecule has 174 valence electrons. The van der Waals surface area contributed by atoms with Gasteiger partial charge in [-0.05, 0) is 47.0 Å². The molecule has 1 aliphatic heterocycles. The van der Waals surface area contributed by atoms with Gasteiger partial charge >= 0.3 is 0 Å². The maximum absolute atomic E-state index is 13.7. The van der Waals surface area contributed by atoms with Crippen molar-refractivity contribution in [3.63, 3.8) is 0 Å². The maximum atomic E-state index is 13.7. The number of morpholine rings is 1. The Morgan fingerprint density at radius 1 is 1.03 bits per heavy atom. The Hall–Kier alpha value is -3.64. The molecule has 0 radical (unpaired) electrons. The summed E-state index contributed by atoms with van der Waals surface area (Å²) in [5.41, 5.74) is 3.56. The monoisotopic (exact) mass is 455 g/mol. The van der Waals surface area contributed by atoms with E-state index >= 15 is 0 Å². The maximum Gasteiger partial charge on any atom is 0.254 e. The Kier molecular flexibility index (Phi) is 5.84. The zero-order valence-electron chi connectivity index (χ0n) is 19.8. The SMILES string of the molecule is CN(C)C(=O)c1ccc2c(c1)c(C[C@H]1COCCN1C(=O)c1cccc3ccccc13)cn2C. The molecule has 5 rings (SSSR count). The first kappa shape index (κ1) is 22.2. The lowest BCUT2D eigenvalue weighted by Gasteiger charge is -2.36. The van der Waals surface area contributed by atoms with Crippen LogP contribution in [-0.2, 0) is 18.2 Å². The third-order valence-corrected chi connectivity index (χ3v) is 6.69. The van der Waals surface area contributed by atoms with E-state index in [4.69, 9.17) is 4.74 Å². The lowest BCUT2D eigenvalue weighted by Crippen LogP contribution is -2.49. The Morgan fingerprint density at radius 2 is 1.82 bits per heavy atom. The number of ether oxygens (including phenoxy) is 1. The zero-order valence-corrected chi connectivity index (χ0v) is 19.8. The molecule has 0 N–H and O–H groups in total. The molecule has 1 saturated heterocycles. The summed E-state index contributed by atoms with van der Waals surface area (Å²) in [6.45, 7) is 1.58. The molecule has 0 unspecified atom stereocenters. The fourth-order valence-electron chi connectivity index (χ4n) is 4.94. The topological polar surface area (TPSA) is 54.8 Å². The first-order valence-corrected chi connectivity index (χ1v) is 11.6. The minimum Gasteiger partial charge on any atom is -0.377 e. The minimum atomic E-state index is -0.0842. The lowest BCUT2D eigenvalue weighted by atomic mass is 9.99. The second-order valence-electron chi connectivity index (χ2n) is 9.15. The highest BCUT2D eigenvalue weighted by atomic mass is 16.5. The molecule has 1 fully saturated rings. The van der Waals surface area contributed by atoms with Crippen LogP contribution in [0.25, 0.3) is 21.7 Å². The van der Waals surface area contributed by atoms with E-state index in [1.807, 2.05) is 72.6 Å². The van der Waals surface area contributed by atoms with E-state index in [0.717, 1.165) is 32.8 Å². The third kappa shape index (κ3) is 3.94. The first-order chi connectivity index (χ1) is 16.4. The lowest BCUT2D eigenvalue weighted by molar-refractivity contribution is -0.00145. The number of aryl methyl sites for hydroxylation is 1. The van der Waals surface area contributed by atoms with Crippen LogP contribution in [0.15, 0.2) is 66.9 Å². The number of aromatic nitrogens is 1. The van der Waals surface area contributed by atoms with Crippen LogP contribution >= 0.6 is 0 Å². The van der Waals surface area contributed by atoms with Crippen molar-refractivity contribution in [2.75, 3.05) is 33.9 Å². The molecule has 0 saturated carbocycles. The van der Waals surface area contributed by atoms with E-state index in [2.05, 4.69) is 10.8 Å². The smallest absolute Gasteiger partial charge is 0.254 e. The summed E-state index contributed by atoms with van der Waals surface area (Å²) >= 11 is 0. The van der Waals surface area contributed by atoms with Gasteiger partial charge in [0.1, 0.15) is 0 Å². The van der Waals surface area contributed by atoms with Crippen LogP contribution in [0, 0.1) is 0 Å². The molecule has 1 atom stereocenters. The highest BCUT2D eigenvalue weighted by molar-refractivity contribution is 6.07. The van der Waals surface area contributed by atoms with Gasteiger partial charge in [0.25, 0.3) is 11.8 Å². The number of fused-ring (bicyclic) bond motifs is 2. The summed E-state index contributed by atoms with van der Waals surface area (Å²) in [7, 11) is 5.53. The number of benzene rings is 3. The van der Waals surface area contributed by atoms with Crippen molar-refractivity contribution in [2.24, 2.45) is 7.05 Å². The van der Waals surface area contributed by atoms with Gasteiger partial charge in [0, 0.05) is 55.9 Å². The van der Waals surface area contributed by atoms with Crippen LogP contribution in [0.2, 0.25) is 0 Å². The van der Waals surface area contributed by atoms with Crippen LogP contribution < -0.4 is 0 Å². The second kappa shape index (κ2) is 8.95. The van der Waals surface area contributed by atoms with Gasteiger partial charge in [-0.2, -0.15) is 0 Å². The summed E-state index contributed by atoms with van der Waals surface area (Å²) in [4.78, 5) is 29.8. The summed E-state index contributed by atoms with van der Waals surface area (Å²) in [5, 5.41) is 3.07. The van der Waals surface area contributed by atoms with E-state index in [-0.39, 0.29) is 17.9 Å². The van der Waals surface area contributed by atoms with Crippen molar-refractivity contribution in [3.8, 4) is 0 Å². The molecule has 34 heavy (non-hydrogen) atoms. The van der Waals surface area contributed by atoms with E-state index in [1.165, 1.54) is 0 Å². The molecule has 4 aromatic rings. The van der Waals surface area contributed by atoms with Crippen molar-refractivity contribution >= 4 is 33.5 Å². The van der Waals surface area contributed by atoms with Crippen LogP contribution in [0.4, 0.5) is 0 Å². The van der Waals surface area contributed by atoms with Crippen molar-refractivity contribution in [2.45, 2.75) is 12.5 Å². The van der Waals surface area contributed by atoms with Gasteiger partial charge in [0.2, 0.25) is 0 Å². The first-order valence-electron chi connectivity index (χ1n) is 11.6. The van der Waals surface area contributed by atoms with Gasteiger partial charge in [-0.15, -0.1) is 0 Å². The van der Waals surface area contributed by atoms with Gasteiger partial charge in [-0.3, -0.25) is 9.59 Å². The van der Waals surface area contributed by atoms with E-state index < -0.39 is 0 Å². The molecule has 6 nitrogen and oxygen atoms in total. The molecule has 2 heterocycles. The fraction of sp³-hybridized carbons (Fsp3) is 0.286.